The number of anilines is 1. The minimum absolute atomic E-state index is 0.178. The molecule has 0 spiro atoms. The molecular weight excluding hydrogens is 337 g/mol. The molecule has 1 amide bonds. The second-order valence-electron chi connectivity index (χ2n) is 6.66. The zero-order valence-corrected chi connectivity index (χ0v) is 14.2. The van der Waals surface area contributed by atoms with Gasteiger partial charge in [0.05, 0.1) is 12.1 Å². The van der Waals surface area contributed by atoms with Gasteiger partial charge < -0.3 is 21.1 Å². The van der Waals surface area contributed by atoms with Gasteiger partial charge in [0.1, 0.15) is 23.0 Å². The number of nitrogens with zero attached hydrogens (tertiary/aromatic N) is 2. The van der Waals surface area contributed by atoms with Crippen LogP contribution < -0.4 is 21.1 Å². The molecule has 26 heavy (non-hydrogen) atoms. The Balaban J connectivity index is 1.79. The Bertz CT molecular complexity index is 930. The Hall–Kier alpha value is -3.16. The van der Waals surface area contributed by atoms with Crippen molar-refractivity contribution >= 4 is 17.3 Å². The van der Waals surface area contributed by atoms with E-state index in [-0.39, 0.29) is 23.8 Å². The van der Waals surface area contributed by atoms with Crippen LogP contribution in [0.3, 0.4) is 0 Å². The molecule has 0 saturated carbocycles. The number of hydrogen-bond acceptors (Lipinski definition) is 6. The lowest BCUT2D eigenvalue weighted by Gasteiger charge is -2.25. The van der Waals surface area contributed by atoms with E-state index in [0.29, 0.717) is 30.1 Å². The molecule has 0 fully saturated rings. The van der Waals surface area contributed by atoms with Crippen molar-refractivity contribution in [3.8, 4) is 5.75 Å². The second-order valence-corrected chi connectivity index (χ2v) is 6.66. The molecule has 3 heterocycles. The molecule has 1 atom stereocenters. The van der Waals surface area contributed by atoms with Gasteiger partial charge in [-0.2, -0.15) is 0 Å². The largest absolute Gasteiger partial charge is 0.485 e. The number of fused-ring (bicyclic) bond motifs is 3. The topological polar surface area (TPSA) is 102 Å². The van der Waals surface area contributed by atoms with E-state index in [1.165, 1.54) is 24.5 Å². The number of amides is 1. The molecule has 8 heteroatoms. The van der Waals surface area contributed by atoms with Gasteiger partial charge in [-0.15, -0.1) is 0 Å². The minimum Gasteiger partial charge on any atom is -0.485 e. The van der Waals surface area contributed by atoms with Crippen molar-refractivity contribution in [3.63, 3.8) is 0 Å². The fourth-order valence-corrected chi connectivity index (χ4v) is 3.28. The zero-order chi connectivity index (χ0) is 18.3. The van der Waals surface area contributed by atoms with E-state index in [1.54, 1.807) is 6.07 Å². The number of carbonyl (C=O) groups excluding carboxylic acids is 1. The molecule has 2 aliphatic rings. The van der Waals surface area contributed by atoms with Gasteiger partial charge in [-0.05, 0) is 25.1 Å². The average Bonchev–Trinajstić information content (AvgIpc) is 2.95. The van der Waals surface area contributed by atoms with Crippen molar-refractivity contribution in [3.05, 3.63) is 53.4 Å². The highest BCUT2D eigenvalue weighted by Crippen LogP contribution is 2.38. The van der Waals surface area contributed by atoms with Crippen LogP contribution in [0.1, 0.15) is 23.9 Å². The van der Waals surface area contributed by atoms with Crippen LogP contribution in [-0.2, 0) is 17.8 Å². The molecule has 4 bridgehead atoms. The predicted molar refractivity (Wildman–Crippen MR) is 93.7 cm³/mol. The number of carbonyl (C=O) groups is 1. The lowest BCUT2D eigenvalue weighted by atomic mass is 9.98. The first-order chi connectivity index (χ1) is 12.5. The summed E-state index contributed by atoms with van der Waals surface area (Å²) in [5.41, 5.74) is 6.61. The van der Waals surface area contributed by atoms with Crippen LogP contribution in [0.5, 0.6) is 5.75 Å². The number of rotatable bonds is 0. The molecule has 1 unspecified atom stereocenters. The first kappa shape index (κ1) is 16.3. The van der Waals surface area contributed by atoms with Gasteiger partial charge in [-0.3, -0.25) is 4.79 Å². The van der Waals surface area contributed by atoms with E-state index in [2.05, 4.69) is 20.6 Å². The summed E-state index contributed by atoms with van der Waals surface area (Å²) < 4.78 is 20.1. The van der Waals surface area contributed by atoms with Gasteiger partial charge in [-0.25, -0.2) is 14.4 Å². The number of ether oxygens (including phenoxy) is 1. The highest BCUT2D eigenvalue weighted by Gasteiger charge is 2.37. The number of nitrogens with one attached hydrogen (secondary N) is 2. The van der Waals surface area contributed by atoms with E-state index < -0.39 is 11.5 Å². The molecule has 4 rings (SSSR count). The summed E-state index contributed by atoms with van der Waals surface area (Å²) >= 11 is 0. The van der Waals surface area contributed by atoms with Gasteiger partial charge in [0.25, 0.3) is 5.91 Å². The molecule has 1 aromatic carbocycles. The lowest BCUT2D eigenvalue weighted by molar-refractivity contribution is -0.116. The quantitative estimate of drug-likeness (QED) is 0.617. The standard InChI is InChI=1S/C18H18FN5O2/c1-18-6-10-4-12(19)5-11(15(10)26-18)8-22-14-2-3-21-16(24-14)13(7-20)17(25)23-9-18/h2-5,7H,6,8-9,20H2,1H3,(H,23,25)(H,21,22,24). The fourth-order valence-electron chi connectivity index (χ4n) is 3.28. The Morgan fingerprint density at radius 2 is 2.15 bits per heavy atom. The SMILES string of the molecule is CC12CNC(=O)C(=CN)c3nccc(n3)NCc3cc(F)cc(c3O1)C2. The summed E-state index contributed by atoms with van der Waals surface area (Å²) in [6.45, 7) is 2.45. The smallest absolute Gasteiger partial charge is 0.256 e. The van der Waals surface area contributed by atoms with Crippen LogP contribution in [0, 0.1) is 5.82 Å². The van der Waals surface area contributed by atoms with Gasteiger partial charge in [0.2, 0.25) is 0 Å². The first-order valence-corrected chi connectivity index (χ1v) is 8.25. The summed E-state index contributed by atoms with van der Waals surface area (Å²) in [5.74, 6) is 0.658. The lowest BCUT2D eigenvalue weighted by Crippen LogP contribution is -2.44. The molecule has 4 N–H and O–H groups in total. The maximum atomic E-state index is 14.0. The normalized spacial score (nSPS) is 23.2. The van der Waals surface area contributed by atoms with Gasteiger partial charge in [0, 0.05) is 36.5 Å². The number of benzene rings is 1. The van der Waals surface area contributed by atoms with Crippen molar-refractivity contribution in [1.82, 2.24) is 15.3 Å². The highest BCUT2D eigenvalue weighted by molar-refractivity contribution is 6.18. The summed E-state index contributed by atoms with van der Waals surface area (Å²) in [4.78, 5) is 21.0. The average molecular weight is 355 g/mol. The minimum atomic E-state index is -0.673. The molecule has 0 saturated heterocycles. The van der Waals surface area contributed by atoms with Gasteiger partial charge in [0.15, 0.2) is 5.82 Å². The van der Waals surface area contributed by atoms with E-state index >= 15 is 0 Å². The summed E-state index contributed by atoms with van der Waals surface area (Å²) in [7, 11) is 0. The molecule has 134 valence electrons. The van der Waals surface area contributed by atoms with Crippen molar-refractivity contribution in [2.24, 2.45) is 5.73 Å². The van der Waals surface area contributed by atoms with Crippen LogP contribution in [0.15, 0.2) is 30.6 Å². The molecule has 2 aromatic rings. The van der Waals surface area contributed by atoms with Crippen molar-refractivity contribution in [1.29, 1.82) is 0 Å². The Kier molecular flexibility index (Phi) is 3.75. The zero-order valence-electron chi connectivity index (χ0n) is 14.2. The van der Waals surface area contributed by atoms with E-state index in [0.717, 1.165) is 5.56 Å². The number of aromatic nitrogens is 2. The monoisotopic (exact) mass is 355 g/mol. The van der Waals surface area contributed by atoms with Crippen LogP contribution in [0.2, 0.25) is 0 Å². The third-order valence-electron chi connectivity index (χ3n) is 4.51. The third kappa shape index (κ3) is 2.83. The van der Waals surface area contributed by atoms with Crippen LogP contribution in [0.25, 0.3) is 5.57 Å². The molecule has 1 aromatic heterocycles. The molecule has 7 nitrogen and oxygen atoms in total. The van der Waals surface area contributed by atoms with Crippen LogP contribution >= 0.6 is 0 Å². The number of halogens is 1. The number of hydrogen-bond donors (Lipinski definition) is 3. The van der Waals surface area contributed by atoms with Crippen molar-refractivity contribution in [2.75, 3.05) is 11.9 Å². The van der Waals surface area contributed by atoms with E-state index in [1.807, 2.05) is 6.92 Å². The summed E-state index contributed by atoms with van der Waals surface area (Å²) in [6, 6.07) is 4.59. The van der Waals surface area contributed by atoms with E-state index in [9.17, 15) is 9.18 Å². The van der Waals surface area contributed by atoms with Gasteiger partial charge in [-0.1, -0.05) is 0 Å². The Morgan fingerprint density at radius 1 is 1.35 bits per heavy atom. The van der Waals surface area contributed by atoms with Crippen LogP contribution in [-0.4, -0.2) is 28.0 Å². The summed E-state index contributed by atoms with van der Waals surface area (Å²) in [5, 5.41) is 5.94. The maximum Gasteiger partial charge on any atom is 0.256 e. The molecule has 0 radical (unpaired) electrons. The number of nitrogens with two attached hydrogens (primary N) is 1. The fraction of sp³-hybridized carbons (Fsp3) is 0.278. The Morgan fingerprint density at radius 3 is 2.96 bits per heavy atom. The summed E-state index contributed by atoms with van der Waals surface area (Å²) in [6.07, 6.45) is 3.22. The second kappa shape index (κ2) is 5.98. The molecule has 2 aliphatic heterocycles. The predicted octanol–water partition coefficient (Wildman–Crippen LogP) is 1.35. The van der Waals surface area contributed by atoms with E-state index in [4.69, 9.17) is 10.5 Å². The Labute approximate surface area is 149 Å². The van der Waals surface area contributed by atoms with Crippen molar-refractivity contribution in [2.45, 2.75) is 25.5 Å². The first-order valence-electron chi connectivity index (χ1n) is 8.25. The van der Waals surface area contributed by atoms with Crippen LogP contribution in [0.4, 0.5) is 10.2 Å². The third-order valence-corrected chi connectivity index (χ3v) is 4.51. The van der Waals surface area contributed by atoms with Gasteiger partial charge >= 0.3 is 0 Å². The molecular formula is C18H18FN5O2. The highest BCUT2D eigenvalue weighted by atomic mass is 19.1. The van der Waals surface area contributed by atoms with Crippen molar-refractivity contribution < 1.29 is 13.9 Å². The maximum absolute atomic E-state index is 14.0. The molecule has 0 aliphatic carbocycles.